The predicted molar refractivity (Wildman–Crippen MR) is 103 cm³/mol. The zero-order valence-electron chi connectivity index (χ0n) is 17.4. The van der Waals surface area contributed by atoms with Crippen molar-refractivity contribution >= 4 is 18.2 Å². The maximum absolute atomic E-state index is 12.0. The number of hydrogen-bond donors (Lipinski definition) is 3. The molecule has 8 nitrogen and oxygen atoms in total. The average Bonchev–Trinajstić information content (AvgIpc) is 2.46. The second-order valence-corrected chi connectivity index (χ2v) is 9.47. The lowest BCUT2D eigenvalue weighted by atomic mass is 9.63. The van der Waals surface area contributed by atoms with Gasteiger partial charge in [0.05, 0.1) is 6.04 Å². The highest BCUT2D eigenvalue weighted by Crippen LogP contribution is 2.46. The molecular weight excluding hydrogens is 348 g/mol. The smallest absolute Gasteiger partial charge is 0.407 e. The Kier molecular flexibility index (Phi) is 7.84. The van der Waals surface area contributed by atoms with Crippen molar-refractivity contribution in [2.45, 2.75) is 72.4 Å². The number of isocyanates is 1. The van der Waals surface area contributed by atoms with E-state index in [1.54, 1.807) is 26.9 Å². The van der Waals surface area contributed by atoms with Crippen molar-refractivity contribution in [2.24, 2.45) is 15.8 Å². The molecule has 0 radical (unpaired) electrons. The predicted octanol–water partition coefficient (Wildman–Crippen LogP) is 2.73. The van der Waals surface area contributed by atoms with E-state index >= 15 is 0 Å². The van der Waals surface area contributed by atoms with E-state index in [1.165, 1.54) is 0 Å². The summed E-state index contributed by atoms with van der Waals surface area (Å²) in [6, 6.07) is -0.347. The largest absolute Gasteiger partial charge is 0.444 e. The molecule has 0 aromatic carbocycles. The van der Waals surface area contributed by atoms with Gasteiger partial charge in [-0.05, 0) is 50.9 Å². The van der Waals surface area contributed by atoms with Gasteiger partial charge in [-0.25, -0.2) is 19.4 Å². The second-order valence-electron chi connectivity index (χ2n) is 9.47. The van der Waals surface area contributed by atoms with Crippen LogP contribution in [-0.2, 0) is 9.53 Å². The summed E-state index contributed by atoms with van der Waals surface area (Å²) in [5.74, 6) is 0. The fourth-order valence-corrected chi connectivity index (χ4v) is 3.89. The van der Waals surface area contributed by atoms with Gasteiger partial charge < -0.3 is 20.7 Å². The third-order valence-corrected chi connectivity index (χ3v) is 4.41. The number of ether oxygens (including phenoxy) is 1. The lowest BCUT2D eigenvalue weighted by Gasteiger charge is -2.45. The first kappa shape index (κ1) is 23.0. The topological polar surface area (TPSA) is 109 Å². The van der Waals surface area contributed by atoms with Gasteiger partial charge in [-0.1, -0.05) is 20.8 Å². The normalized spacial score (nSPS) is 24.3. The number of nitrogens with one attached hydrogen (secondary N) is 3. The van der Waals surface area contributed by atoms with Crippen molar-refractivity contribution in [2.75, 3.05) is 19.6 Å². The van der Waals surface area contributed by atoms with Crippen LogP contribution >= 0.6 is 0 Å². The molecule has 2 unspecified atom stereocenters. The van der Waals surface area contributed by atoms with E-state index in [4.69, 9.17) is 4.74 Å². The SMILES string of the molecule is CC1(C)CC(N=C=O)CC(C)(CNC(=O)NCCNC(=O)OC(C)(C)C)C1. The third kappa shape index (κ3) is 9.43. The summed E-state index contributed by atoms with van der Waals surface area (Å²) < 4.78 is 5.12. The highest BCUT2D eigenvalue weighted by Gasteiger charge is 2.41. The van der Waals surface area contributed by atoms with E-state index in [-0.39, 0.29) is 29.4 Å². The van der Waals surface area contributed by atoms with Crippen molar-refractivity contribution in [1.29, 1.82) is 0 Å². The van der Waals surface area contributed by atoms with Crippen molar-refractivity contribution in [1.82, 2.24) is 16.0 Å². The zero-order chi connectivity index (χ0) is 20.7. The van der Waals surface area contributed by atoms with Gasteiger partial charge in [0.1, 0.15) is 5.60 Å². The fraction of sp³-hybridized carbons (Fsp3) is 0.842. The maximum Gasteiger partial charge on any atom is 0.407 e. The minimum Gasteiger partial charge on any atom is -0.444 e. The fourth-order valence-electron chi connectivity index (χ4n) is 3.89. The minimum absolute atomic E-state index is 0.0491. The minimum atomic E-state index is -0.552. The quantitative estimate of drug-likeness (QED) is 0.373. The van der Waals surface area contributed by atoms with Gasteiger partial charge in [-0.3, -0.25) is 0 Å². The Morgan fingerprint density at radius 3 is 2.33 bits per heavy atom. The summed E-state index contributed by atoms with van der Waals surface area (Å²) in [7, 11) is 0. The van der Waals surface area contributed by atoms with Crippen LogP contribution in [0.4, 0.5) is 9.59 Å². The molecule has 1 rings (SSSR count). The van der Waals surface area contributed by atoms with E-state index < -0.39 is 11.7 Å². The number of aliphatic imine (C=N–C) groups is 1. The Hall–Kier alpha value is -2.08. The molecule has 27 heavy (non-hydrogen) atoms. The van der Waals surface area contributed by atoms with Crippen LogP contribution in [0.1, 0.15) is 60.8 Å². The van der Waals surface area contributed by atoms with E-state index in [1.807, 2.05) is 0 Å². The molecule has 0 bridgehead atoms. The van der Waals surface area contributed by atoms with Crippen LogP contribution in [0.3, 0.4) is 0 Å². The van der Waals surface area contributed by atoms with Crippen LogP contribution in [-0.4, -0.2) is 49.5 Å². The molecule has 0 aromatic rings. The second kappa shape index (κ2) is 9.22. The summed E-state index contributed by atoms with van der Waals surface area (Å²) in [5.41, 5.74) is -0.643. The van der Waals surface area contributed by atoms with E-state index in [9.17, 15) is 14.4 Å². The van der Waals surface area contributed by atoms with Gasteiger partial charge in [-0.2, -0.15) is 0 Å². The number of carbonyl (C=O) groups excluding carboxylic acids is 3. The highest BCUT2D eigenvalue weighted by atomic mass is 16.6. The van der Waals surface area contributed by atoms with E-state index in [2.05, 4.69) is 41.7 Å². The first-order valence-corrected chi connectivity index (χ1v) is 9.40. The molecule has 1 aliphatic carbocycles. The number of rotatable bonds is 6. The number of carbonyl (C=O) groups is 2. The Balaban J connectivity index is 2.36. The van der Waals surface area contributed by atoms with E-state index in [0.717, 1.165) is 19.3 Å². The molecule has 0 aliphatic heterocycles. The molecule has 3 amide bonds. The first-order valence-electron chi connectivity index (χ1n) is 9.40. The Morgan fingerprint density at radius 2 is 1.74 bits per heavy atom. The average molecular weight is 383 g/mol. The Bertz CT molecular complexity index is 579. The molecular formula is C19H34N4O4. The molecule has 1 saturated carbocycles. The number of nitrogens with zero attached hydrogens (tertiary/aromatic N) is 1. The molecule has 1 fully saturated rings. The summed E-state index contributed by atoms with van der Waals surface area (Å²) in [6.07, 6.45) is 3.68. The molecule has 2 atom stereocenters. The summed E-state index contributed by atoms with van der Waals surface area (Å²) >= 11 is 0. The van der Waals surface area contributed by atoms with Gasteiger partial charge in [-0.15, -0.1) is 0 Å². The van der Waals surface area contributed by atoms with Crippen LogP contribution in [0.25, 0.3) is 0 Å². The molecule has 3 N–H and O–H groups in total. The van der Waals surface area contributed by atoms with Gasteiger partial charge in [0, 0.05) is 19.6 Å². The zero-order valence-corrected chi connectivity index (χ0v) is 17.4. The van der Waals surface area contributed by atoms with Gasteiger partial charge in [0.25, 0.3) is 0 Å². The highest BCUT2D eigenvalue weighted by molar-refractivity contribution is 5.74. The molecule has 0 saturated heterocycles. The molecule has 0 spiro atoms. The van der Waals surface area contributed by atoms with Crippen molar-refractivity contribution < 1.29 is 19.1 Å². The summed E-state index contributed by atoms with van der Waals surface area (Å²) in [4.78, 5) is 38.1. The summed E-state index contributed by atoms with van der Waals surface area (Å²) in [5, 5.41) is 8.18. The van der Waals surface area contributed by atoms with Crippen LogP contribution in [0.5, 0.6) is 0 Å². The lowest BCUT2D eigenvalue weighted by molar-refractivity contribution is 0.0528. The van der Waals surface area contributed by atoms with Gasteiger partial charge in [0.2, 0.25) is 6.08 Å². The van der Waals surface area contributed by atoms with Crippen LogP contribution in [0.2, 0.25) is 0 Å². The molecule has 8 heteroatoms. The van der Waals surface area contributed by atoms with Crippen molar-refractivity contribution in [3.05, 3.63) is 0 Å². The monoisotopic (exact) mass is 382 g/mol. The third-order valence-electron chi connectivity index (χ3n) is 4.41. The Labute approximate surface area is 161 Å². The number of alkyl carbamates (subject to hydrolysis) is 1. The van der Waals surface area contributed by atoms with E-state index in [0.29, 0.717) is 13.1 Å². The summed E-state index contributed by atoms with van der Waals surface area (Å²) in [6.45, 7) is 12.8. The molecule has 0 aromatic heterocycles. The number of amides is 3. The molecule has 0 heterocycles. The lowest BCUT2D eigenvalue weighted by Crippen LogP contribution is -2.48. The Morgan fingerprint density at radius 1 is 1.11 bits per heavy atom. The molecule has 1 aliphatic rings. The number of urea groups is 1. The van der Waals surface area contributed by atoms with Gasteiger partial charge in [0.15, 0.2) is 0 Å². The van der Waals surface area contributed by atoms with Crippen LogP contribution < -0.4 is 16.0 Å². The first-order chi connectivity index (χ1) is 12.3. The molecule has 154 valence electrons. The van der Waals surface area contributed by atoms with Crippen molar-refractivity contribution in [3.63, 3.8) is 0 Å². The number of hydrogen-bond acceptors (Lipinski definition) is 5. The maximum atomic E-state index is 12.0. The van der Waals surface area contributed by atoms with Gasteiger partial charge >= 0.3 is 12.1 Å². The standard InChI is InChI=1S/C19H34N4O4/c1-17(2,3)27-16(26)21-8-7-20-15(25)22-12-19(6)10-14(23-13-24)9-18(4,5)11-19/h14H,7-12H2,1-6H3,(H,21,26)(H2,20,22,25). The van der Waals surface area contributed by atoms with Crippen molar-refractivity contribution in [3.8, 4) is 0 Å². The van der Waals surface area contributed by atoms with Crippen LogP contribution in [0, 0.1) is 10.8 Å². The van der Waals surface area contributed by atoms with Crippen LogP contribution in [0.15, 0.2) is 4.99 Å².